The van der Waals surface area contributed by atoms with E-state index in [0.717, 1.165) is 37.8 Å². The first kappa shape index (κ1) is 17.7. The highest BCUT2D eigenvalue weighted by Gasteiger charge is 2.22. The van der Waals surface area contributed by atoms with Crippen LogP contribution in [-0.2, 0) is 9.53 Å². The molecule has 0 unspecified atom stereocenters. The second-order valence-corrected chi connectivity index (χ2v) is 7.31. The van der Waals surface area contributed by atoms with Crippen LogP contribution in [0.5, 0.6) is 0 Å². The van der Waals surface area contributed by atoms with E-state index in [4.69, 9.17) is 4.74 Å². The van der Waals surface area contributed by atoms with Crippen LogP contribution in [0.1, 0.15) is 25.8 Å². The van der Waals surface area contributed by atoms with Gasteiger partial charge in [-0.25, -0.2) is 9.97 Å². The van der Waals surface area contributed by atoms with E-state index in [1.165, 1.54) is 17.0 Å². The molecule has 0 bridgehead atoms. The number of fused-ring (bicyclic) bond motifs is 1. The van der Waals surface area contributed by atoms with E-state index in [1.54, 1.807) is 24.7 Å². The van der Waals surface area contributed by atoms with E-state index in [0.29, 0.717) is 5.82 Å². The molecule has 27 heavy (non-hydrogen) atoms. The van der Waals surface area contributed by atoms with Crippen LogP contribution in [0.15, 0.2) is 36.5 Å². The molecular formula is C19H21N5O2S. The molecule has 2 aromatic heterocycles. The highest BCUT2D eigenvalue weighted by molar-refractivity contribution is 7.13. The Balaban J connectivity index is 1.46. The van der Waals surface area contributed by atoms with Crippen LogP contribution in [0, 0.1) is 0 Å². The zero-order valence-electron chi connectivity index (χ0n) is 15.3. The van der Waals surface area contributed by atoms with Gasteiger partial charge in [-0.05, 0) is 36.7 Å². The Morgan fingerprint density at radius 3 is 2.67 bits per heavy atom. The highest BCUT2D eigenvalue weighted by Crippen LogP contribution is 2.30. The van der Waals surface area contributed by atoms with Crippen molar-refractivity contribution >= 4 is 39.2 Å². The van der Waals surface area contributed by atoms with Gasteiger partial charge in [-0.1, -0.05) is 12.1 Å². The molecule has 1 aliphatic heterocycles. The Bertz CT molecular complexity index is 952. The normalized spacial score (nSPS) is 15.8. The summed E-state index contributed by atoms with van der Waals surface area (Å²) in [6.07, 6.45) is 1.27. The fourth-order valence-electron chi connectivity index (χ4n) is 3.29. The van der Waals surface area contributed by atoms with E-state index < -0.39 is 6.10 Å². The number of benzene rings is 1. The lowest BCUT2D eigenvalue weighted by molar-refractivity contribution is -0.146. The minimum Gasteiger partial charge on any atom is -0.455 e. The molecule has 3 aromatic rings. The van der Waals surface area contributed by atoms with E-state index >= 15 is 0 Å². The summed E-state index contributed by atoms with van der Waals surface area (Å²) in [6, 6.07) is 10.2. The summed E-state index contributed by atoms with van der Waals surface area (Å²) in [5.74, 6) is 2.13. The van der Waals surface area contributed by atoms with Crippen LogP contribution < -0.4 is 9.80 Å². The molecule has 0 amide bonds. The van der Waals surface area contributed by atoms with Gasteiger partial charge in [0.05, 0.1) is 4.70 Å². The summed E-state index contributed by atoms with van der Waals surface area (Å²) >= 11 is 1.55. The number of piperazine rings is 1. The van der Waals surface area contributed by atoms with Crippen molar-refractivity contribution in [3.05, 3.63) is 42.4 Å². The third-order valence-corrected chi connectivity index (χ3v) is 5.44. The van der Waals surface area contributed by atoms with Gasteiger partial charge in [0.25, 0.3) is 0 Å². The SMILES string of the molecule is CC(=O)O[C@H](C)c1nccc(N2CCN(c3nsc4ccccc34)CC2)n1. The molecule has 1 saturated heterocycles. The second kappa shape index (κ2) is 7.48. The van der Waals surface area contributed by atoms with Gasteiger partial charge in [-0.15, -0.1) is 0 Å². The minimum atomic E-state index is -0.454. The van der Waals surface area contributed by atoms with Crippen LogP contribution in [0.3, 0.4) is 0 Å². The van der Waals surface area contributed by atoms with Gasteiger partial charge in [0.1, 0.15) is 11.6 Å². The Labute approximate surface area is 161 Å². The van der Waals surface area contributed by atoms with Crippen molar-refractivity contribution in [2.24, 2.45) is 0 Å². The molecule has 0 N–H and O–H groups in total. The number of carbonyl (C=O) groups is 1. The van der Waals surface area contributed by atoms with Crippen molar-refractivity contribution in [3.63, 3.8) is 0 Å². The lowest BCUT2D eigenvalue weighted by Crippen LogP contribution is -2.47. The van der Waals surface area contributed by atoms with Crippen molar-refractivity contribution in [2.45, 2.75) is 20.0 Å². The number of hydrogen-bond acceptors (Lipinski definition) is 8. The second-order valence-electron chi connectivity index (χ2n) is 6.50. The number of aromatic nitrogens is 3. The molecule has 3 heterocycles. The molecule has 0 radical (unpaired) electrons. The maximum atomic E-state index is 11.2. The summed E-state index contributed by atoms with van der Waals surface area (Å²) in [5.41, 5.74) is 0. The number of nitrogens with zero attached hydrogens (tertiary/aromatic N) is 5. The predicted molar refractivity (Wildman–Crippen MR) is 106 cm³/mol. The summed E-state index contributed by atoms with van der Waals surface area (Å²) in [6.45, 7) is 6.64. The zero-order chi connectivity index (χ0) is 18.8. The highest BCUT2D eigenvalue weighted by atomic mass is 32.1. The number of carbonyl (C=O) groups excluding carboxylic acids is 1. The quantitative estimate of drug-likeness (QED) is 0.641. The Morgan fingerprint density at radius 1 is 1.15 bits per heavy atom. The molecule has 0 aliphatic carbocycles. The van der Waals surface area contributed by atoms with Crippen LogP contribution in [-0.4, -0.2) is 46.5 Å². The molecule has 140 valence electrons. The van der Waals surface area contributed by atoms with Crippen LogP contribution in [0.4, 0.5) is 11.6 Å². The summed E-state index contributed by atoms with van der Waals surface area (Å²) in [7, 11) is 0. The number of ether oxygens (including phenoxy) is 1. The van der Waals surface area contributed by atoms with Gasteiger partial charge in [0.2, 0.25) is 0 Å². The maximum absolute atomic E-state index is 11.2. The molecule has 4 rings (SSSR count). The maximum Gasteiger partial charge on any atom is 0.303 e. The standard InChI is InChI=1S/C19H21N5O2S/c1-13(26-14(2)25)18-20-8-7-17(21-18)23-9-11-24(12-10-23)19-15-5-3-4-6-16(15)27-22-19/h3-8,13H,9-12H2,1-2H3/t13-/m1/s1. The largest absolute Gasteiger partial charge is 0.455 e. The Hall–Kier alpha value is -2.74. The summed E-state index contributed by atoms with van der Waals surface area (Å²) in [5, 5.41) is 1.22. The van der Waals surface area contributed by atoms with E-state index in [9.17, 15) is 4.79 Å². The smallest absolute Gasteiger partial charge is 0.303 e. The number of anilines is 2. The van der Waals surface area contributed by atoms with Gasteiger partial charge in [0.15, 0.2) is 11.9 Å². The third-order valence-electron chi connectivity index (χ3n) is 4.63. The van der Waals surface area contributed by atoms with E-state index in [2.05, 4.69) is 42.3 Å². The van der Waals surface area contributed by atoms with Gasteiger partial charge in [-0.3, -0.25) is 4.79 Å². The Morgan fingerprint density at radius 2 is 1.89 bits per heavy atom. The number of hydrogen-bond donors (Lipinski definition) is 0. The van der Waals surface area contributed by atoms with Crippen molar-refractivity contribution in [3.8, 4) is 0 Å². The molecule has 1 fully saturated rings. The molecule has 7 nitrogen and oxygen atoms in total. The van der Waals surface area contributed by atoms with Crippen LogP contribution in [0.25, 0.3) is 10.1 Å². The van der Waals surface area contributed by atoms with Crippen LogP contribution in [0.2, 0.25) is 0 Å². The van der Waals surface area contributed by atoms with Crippen LogP contribution >= 0.6 is 11.5 Å². The fourth-order valence-corrected chi connectivity index (χ4v) is 4.08. The van der Waals surface area contributed by atoms with Crippen molar-refractivity contribution in [1.29, 1.82) is 0 Å². The zero-order valence-corrected chi connectivity index (χ0v) is 16.1. The van der Waals surface area contributed by atoms with E-state index in [-0.39, 0.29) is 5.97 Å². The van der Waals surface area contributed by atoms with Crippen molar-refractivity contribution < 1.29 is 9.53 Å². The summed E-state index contributed by atoms with van der Waals surface area (Å²) < 4.78 is 11.1. The molecule has 0 spiro atoms. The molecule has 8 heteroatoms. The van der Waals surface area contributed by atoms with E-state index in [1.807, 2.05) is 12.1 Å². The van der Waals surface area contributed by atoms with Gasteiger partial charge in [0, 0.05) is 44.7 Å². The topological polar surface area (TPSA) is 71.5 Å². The summed E-state index contributed by atoms with van der Waals surface area (Å²) in [4.78, 5) is 24.6. The third kappa shape index (κ3) is 3.71. The van der Waals surface area contributed by atoms with Crippen molar-refractivity contribution in [1.82, 2.24) is 14.3 Å². The first-order chi connectivity index (χ1) is 13.1. The Kier molecular flexibility index (Phi) is 4.89. The van der Waals surface area contributed by atoms with Gasteiger partial charge >= 0.3 is 5.97 Å². The monoisotopic (exact) mass is 383 g/mol. The molecule has 1 aromatic carbocycles. The first-order valence-corrected chi connectivity index (χ1v) is 9.73. The average molecular weight is 383 g/mol. The number of rotatable bonds is 4. The fraction of sp³-hybridized carbons (Fsp3) is 0.368. The number of esters is 1. The predicted octanol–water partition coefficient (Wildman–Crippen LogP) is 3.04. The first-order valence-electron chi connectivity index (χ1n) is 8.96. The molecule has 0 saturated carbocycles. The lowest BCUT2D eigenvalue weighted by atomic mass is 10.2. The average Bonchev–Trinajstić information content (AvgIpc) is 3.12. The van der Waals surface area contributed by atoms with Crippen molar-refractivity contribution in [2.75, 3.05) is 36.0 Å². The molecule has 1 atom stereocenters. The molecule has 1 aliphatic rings. The van der Waals surface area contributed by atoms with Gasteiger partial charge in [-0.2, -0.15) is 4.37 Å². The molecular weight excluding hydrogens is 362 g/mol. The van der Waals surface area contributed by atoms with Gasteiger partial charge < -0.3 is 14.5 Å². The minimum absolute atomic E-state index is 0.333. The lowest BCUT2D eigenvalue weighted by Gasteiger charge is -2.35.